The zero-order chi connectivity index (χ0) is 45.4. The fraction of sp³-hybridized carbons (Fsp3) is 0.0154. The average molecular weight is 870 g/mol. The van der Waals surface area contributed by atoms with Crippen LogP contribution in [0.3, 0.4) is 0 Å². The van der Waals surface area contributed by atoms with E-state index in [-0.39, 0.29) is 0 Å². The van der Waals surface area contributed by atoms with E-state index in [1.807, 2.05) is 0 Å². The predicted molar refractivity (Wildman–Crippen MR) is 289 cm³/mol. The molecule has 11 aromatic carbocycles. The Morgan fingerprint density at radius 1 is 0.309 bits per heavy atom. The van der Waals surface area contributed by atoms with E-state index in [1.54, 1.807) is 0 Å². The molecule has 0 N–H and O–H groups in total. The Labute approximate surface area is 397 Å². The molecule has 0 saturated heterocycles. The first kappa shape index (κ1) is 40.6. The zero-order valence-corrected chi connectivity index (χ0v) is 37.7. The summed E-state index contributed by atoms with van der Waals surface area (Å²) in [6.07, 6.45) is 0. The molecule has 0 radical (unpaired) electrons. The van der Waals surface area contributed by atoms with Crippen LogP contribution in [0.15, 0.2) is 267 Å². The van der Waals surface area contributed by atoms with Crippen LogP contribution in [0.4, 0.5) is 34.1 Å². The third kappa shape index (κ3) is 7.37. The fourth-order valence-corrected chi connectivity index (χ4v) is 10.1. The van der Waals surface area contributed by atoms with Gasteiger partial charge in [-0.05, 0) is 136 Å². The third-order valence-corrected chi connectivity index (χ3v) is 13.3. The number of hydrogen-bond acceptors (Lipinski definition) is 2. The summed E-state index contributed by atoms with van der Waals surface area (Å²) in [4.78, 5) is 4.74. The Kier molecular flexibility index (Phi) is 10.4. The molecule has 0 amide bonds. The van der Waals surface area contributed by atoms with Crippen molar-refractivity contribution >= 4 is 66.7 Å². The van der Waals surface area contributed by atoms with Gasteiger partial charge in [-0.1, -0.05) is 182 Å². The minimum Gasteiger partial charge on any atom is -0.311 e. The summed E-state index contributed by atoms with van der Waals surface area (Å²) in [6, 6.07) is 96.5. The van der Waals surface area contributed by atoms with Gasteiger partial charge in [0.1, 0.15) is 0 Å². The predicted octanol–water partition coefficient (Wildman–Crippen LogP) is 18.2. The van der Waals surface area contributed by atoms with E-state index in [1.165, 1.54) is 66.0 Å². The quantitative estimate of drug-likeness (QED) is 0.136. The molecule has 0 saturated carbocycles. The van der Waals surface area contributed by atoms with Crippen LogP contribution in [0.25, 0.3) is 71.6 Å². The summed E-state index contributed by atoms with van der Waals surface area (Å²) < 4.78 is 2.42. The number of anilines is 6. The standard InChI is InChI=1S/C65H47N3/c1-46-17-16-28-61-64(46)60-43-42-58(45-63(60)68(61)55-25-12-5-13-26-55)67(62-44-37-51-18-14-15-27-59(51)65(62)52-19-6-2-7-20-52)57-40-35-50(36-41-57)48-31-29-47(30-32-48)49-33-38-56(39-34-49)66(53-21-8-3-9-22-53)54-23-10-4-11-24-54/h2-45H,1H3. The highest BCUT2D eigenvalue weighted by Crippen LogP contribution is 2.46. The Balaban J connectivity index is 0.941. The smallest absolute Gasteiger partial charge is 0.0562 e. The van der Waals surface area contributed by atoms with Gasteiger partial charge >= 0.3 is 0 Å². The van der Waals surface area contributed by atoms with Gasteiger partial charge in [-0.25, -0.2) is 0 Å². The summed E-state index contributed by atoms with van der Waals surface area (Å²) in [6.45, 7) is 2.22. The minimum absolute atomic E-state index is 1.08. The Hall–Kier alpha value is -8.92. The minimum atomic E-state index is 1.08. The molecule has 0 bridgehead atoms. The van der Waals surface area contributed by atoms with Crippen molar-refractivity contribution in [3.63, 3.8) is 0 Å². The molecular weight excluding hydrogens is 823 g/mol. The lowest BCUT2D eigenvalue weighted by molar-refractivity contribution is 1.18. The van der Waals surface area contributed by atoms with Gasteiger partial charge in [0.25, 0.3) is 0 Å². The first-order chi connectivity index (χ1) is 33.7. The average Bonchev–Trinajstić information content (AvgIpc) is 3.75. The summed E-state index contributed by atoms with van der Waals surface area (Å²) >= 11 is 0. The SMILES string of the molecule is Cc1cccc2c1c1ccc(N(c3ccc(-c4ccc(-c5ccc(N(c6ccccc6)c6ccccc6)cc5)cc4)cc3)c3ccc4ccccc4c3-c3ccccc3)cc1n2-c1ccccc1. The maximum absolute atomic E-state index is 2.45. The second kappa shape index (κ2) is 17.5. The van der Waals surface area contributed by atoms with Crippen LogP contribution >= 0.6 is 0 Å². The summed E-state index contributed by atoms with van der Waals surface area (Å²) in [7, 11) is 0. The largest absolute Gasteiger partial charge is 0.311 e. The molecular formula is C65H47N3. The molecule has 12 rings (SSSR count). The van der Waals surface area contributed by atoms with Gasteiger partial charge in [0.2, 0.25) is 0 Å². The van der Waals surface area contributed by atoms with Gasteiger partial charge in [-0.2, -0.15) is 0 Å². The highest BCUT2D eigenvalue weighted by atomic mass is 15.2. The highest BCUT2D eigenvalue weighted by molar-refractivity contribution is 6.12. The van der Waals surface area contributed by atoms with Gasteiger partial charge in [0.15, 0.2) is 0 Å². The number of fused-ring (bicyclic) bond motifs is 4. The first-order valence-electron chi connectivity index (χ1n) is 23.3. The van der Waals surface area contributed by atoms with E-state index in [9.17, 15) is 0 Å². The summed E-state index contributed by atoms with van der Waals surface area (Å²) in [5.74, 6) is 0. The maximum atomic E-state index is 2.45. The molecule has 0 fully saturated rings. The van der Waals surface area contributed by atoms with Gasteiger partial charge in [-0.3, -0.25) is 0 Å². The molecule has 0 spiro atoms. The number of aryl methyl sites for hydroxylation is 1. The molecule has 0 atom stereocenters. The molecule has 0 aliphatic rings. The van der Waals surface area contributed by atoms with E-state index in [0.29, 0.717) is 0 Å². The van der Waals surface area contributed by atoms with Crippen molar-refractivity contribution in [1.82, 2.24) is 4.57 Å². The lowest BCUT2D eigenvalue weighted by Crippen LogP contribution is -2.11. The Morgan fingerprint density at radius 3 is 1.40 bits per heavy atom. The van der Waals surface area contributed by atoms with Crippen molar-refractivity contribution < 1.29 is 0 Å². The highest BCUT2D eigenvalue weighted by Gasteiger charge is 2.22. The van der Waals surface area contributed by atoms with E-state index < -0.39 is 0 Å². The second-order valence-electron chi connectivity index (χ2n) is 17.4. The molecule has 0 aliphatic heterocycles. The molecule has 3 heteroatoms. The van der Waals surface area contributed by atoms with Crippen molar-refractivity contribution in [3.8, 4) is 39.1 Å². The van der Waals surface area contributed by atoms with Crippen LogP contribution in [0.1, 0.15) is 5.56 Å². The van der Waals surface area contributed by atoms with Crippen LogP contribution in [0.5, 0.6) is 0 Å². The number of nitrogens with zero attached hydrogens (tertiary/aromatic N) is 3. The van der Waals surface area contributed by atoms with Crippen LogP contribution in [-0.4, -0.2) is 4.57 Å². The molecule has 68 heavy (non-hydrogen) atoms. The van der Waals surface area contributed by atoms with Crippen molar-refractivity contribution in [2.45, 2.75) is 6.92 Å². The summed E-state index contributed by atoms with van der Waals surface area (Å²) in [5.41, 5.74) is 18.5. The summed E-state index contributed by atoms with van der Waals surface area (Å²) in [5, 5.41) is 4.95. The van der Waals surface area contributed by atoms with E-state index in [0.717, 1.165) is 45.4 Å². The number of benzene rings is 11. The van der Waals surface area contributed by atoms with Crippen LogP contribution in [0.2, 0.25) is 0 Å². The molecule has 1 heterocycles. The van der Waals surface area contributed by atoms with E-state index in [4.69, 9.17) is 0 Å². The number of rotatable bonds is 10. The van der Waals surface area contributed by atoms with Gasteiger partial charge in [-0.15, -0.1) is 0 Å². The molecule has 322 valence electrons. The van der Waals surface area contributed by atoms with Crippen LogP contribution in [-0.2, 0) is 0 Å². The van der Waals surface area contributed by atoms with E-state index >= 15 is 0 Å². The lowest BCUT2D eigenvalue weighted by Gasteiger charge is -2.29. The zero-order valence-electron chi connectivity index (χ0n) is 37.7. The van der Waals surface area contributed by atoms with E-state index in [2.05, 4.69) is 288 Å². The first-order valence-corrected chi connectivity index (χ1v) is 23.3. The van der Waals surface area contributed by atoms with Crippen LogP contribution in [0, 0.1) is 6.92 Å². The van der Waals surface area contributed by atoms with Crippen molar-refractivity contribution in [3.05, 3.63) is 272 Å². The second-order valence-corrected chi connectivity index (χ2v) is 17.4. The third-order valence-electron chi connectivity index (χ3n) is 13.3. The van der Waals surface area contributed by atoms with Crippen molar-refractivity contribution in [2.75, 3.05) is 9.80 Å². The normalized spacial score (nSPS) is 11.3. The lowest BCUT2D eigenvalue weighted by atomic mass is 9.95. The maximum Gasteiger partial charge on any atom is 0.0562 e. The van der Waals surface area contributed by atoms with Gasteiger partial charge in [0, 0.05) is 50.5 Å². The topological polar surface area (TPSA) is 11.4 Å². The molecule has 3 nitrogen and oxygen atoms in total. The molecule has 0 unspecified atom stereocenters. The van der Waals surface area contributed by atoms with Gasteiger partial charge in [0.05, 0.1) is 16.7 Å². The number of hydrogen-bond donors (Lipinski definition) is 0. The van der Waals surface area contributed by atoms with Gasteiger partial charge < -0.3 is 14.4 Å². The van der Waals surface area contributed by atoms with Crippen molar-refractivity contribution in [1.29, 1.82) is 0 Å². The Morgan fingerprint density at radius 2 is 0.794 bits per heavy atom. The molecule has 12 aromatic rings. The monoisotopic (exact) mass is 869 g/mol. The Bertz CT molecular complexity index is 3650. The number of para-hydroxylation sites is 3. The fourth-order valence-electron chi connectivity index (χ4n) is 10.1. The molecule has 1 aromatic heterocycles. The molecule has 0 aliphatic carbocycles. The number of aromatic nitrogens is 1. The van der Waals surface area contributed by atoms with Crippen molar-refractivity contribution in [2.24, 2.45) is 0 Å². The van der Waals surface area contributed by atoms with Crippen LogP contribution < -0.4 is 9.80 Å².